The molecule has 16 heavy (non-hydrogen) atoms. The smallest absolute Gasteiger partial charge is 0.360 e. The van der Waals surface area contributed by atoms with E-state index in [1.807, 2.05) is 38.1 Å². The Bertz CT molecular complexity index is 500. The van der Waals surface area contributed by atoms with Crippen LogP contribution in [0.4, 0.5) is 0 Å². The van der Waals surface area contributed by atoms with Gasteiger partial charge in [0.25, 0.3) is 0 Å². The van der Waals surface area contributed by atoms with Crippen molar-refractivity contribution in [1.82, 2.24) is 4.98 Å². The largest absolute Gasteiger partial charge is 0.422 e. The molecular formula is C13H13NO2. The number of rotatable bonds is 2. The molecule has 0 radical (unpaired) electrons. The van der Waals surface area contributed by atoms with Crippen LogP contribution in [0.3, 0.4) is 0 Å². The molecule has 3 heteroatoms. The van der Waals surface area contributed by atoms with E-state index in [0.29, 0.717) is 11.4 Å². The van der Waals surface area contributed by atoms with E-state index in [2.05, 4.69) is 4.98 Å². The second-order valence-corrected chi connectivity index (χ2v) is 3.71. The molecule has 0 unspecified atom stereocenters. The monoisotopic (exact) mass is 215 g/mol. The molecule has 0 fully saturated rings. The van der Waals surface area contributed by atoms with Crippen molar-refractivity contribution >= 4 is 5.97 Å². The molecule has 0 saturated heterocycles. The van der Waals surface area contributed by atoms with Gasteiger partial charge in [-0.15, -0.1) is 0 Å². The first-order valence-corrected chi connectivity index (χ1v) is 5.10. The van der Waals surface area contributed by atoms with Crippen molar-refractivity contribution in [3.05, 3.63) is 53.3 Å². The standard InChI is InChI=1S/C13H13NO2/c1-9-8-10(2)14-12(9)13(15)16-11-6-4-3-5-7-11/h3-8,14H,1-2H3. The van der Waals surface area contributed by atoms with Gasteiger partial charge < -0.3 is 9.72 Å². The van der Waals surface area contributed by atoms with Crippen molar-refractivity contribution < 1.29 is 9.53 Å². The number of para-hydroxylation sites is 1. The molecule has 1 aromatic carbocycles. The molecule has 0 amide bonds. The Balaban J connectivity index is 2.18. The molecule has 0 aliphatic rings. The Labute approximate surface area is 94.1 Å². The first-order chi connectivity index (χ1) is 7.66. The van der Waals surface area contributed by atoms with E-state index >= 15 is 0 Å². The van der Waals surface area contributed by atoms with Crippen molar-refractivity contribution in [3.8, 4) is 5.75 Å². The van der Waals surface area contributed by atoms with E-state index in [0.717, 1.165) is 11.3 Å². The van der Waals surface area contributed by atoms with Crippen LogP contribution in [0.5, 0.6) is 5.75 Å². The fourth-order valence-electron chi connectivity index (χ4n) is 1.59. The molecule has 0 saturated carbocycles. The van der Waals surface area contributed by atoms with Crippen LogP contribution in [0, 0.1) is 13.8 Å². The minimum atomic E-state index is -0.350. The molecule has 1 heterocycles. The van der Waals surface area contributed by atoms with Crippen molar-refractivity contribution in [1.29, 1.82) is 0 Å². The van der Waals surface area contributed by atoms with Crippen LogP contribution in [-0.4, -0.2) is 11.0 Å². The Morgan fingerprint density at radius 1 is 1.19 bits per heavy atom. The Morgan fingerprint density at radius 2 is 1.88 bits per heavy atom. The summed E-state index contributed by atoms with van der Waals surface area (Å²) in [5, 5.41) is 0. The summed E-state index contributed by atoms with van der Waals surface area (Å²) in [6.45, 7) is 3.79. The summed E-state index contributed by atoms with van der Waals surface area (Å²) in [5.41, 5.74) is 2.37. The average molecular weight is 215 g/mol. The van der Waals surface area contributed by atoms with Crippen LogP contribution in [0.15, 0.2) is 36.4 Å². The Hall–Kier alpha value is -2.03. The zero-order valence-electron chi connectivity index (χ0n) is 9.28. The second kappa shape index (κ2) is 4.23. The van der Waals surface area contributed by atoms with E-state index in [1.165, 1.54) is 0 Å². The quantitative estimate of drug-likeness (QED) is 0.618. The number of carbonyl (C=O) groups excluding carboxylic acids is 1. The lowest BCUT2D eigenvalue weighted by Crippen LogP contribution is -2.10. The maximum Gasteiger partial charge on any atom is 0.360 e. The van der Waals surface area contributed by atoms with Gasteiger partial charge in [-0.2, -0.15) is 0 Å². The summed E-state index contributed by atoms with van der Waals surface area (Å²) >= 11 is 0. The van der Waals surface area contributed by atoms with Crippen molar-refractivity contribution in [2.45, 2.75) is 13.8 Å². The van der Waals surface area contributed by atoms with Crippen molar-refractivity contribution in [2.24, 2.45) is 0 Å². The SMILES string of the molecule is Cc1cc(C)c(C(=O)Oc2ccccc2)[nH]1. The lowest BCUT2D eigenvalue weighted by Gasteiger charge is -2.02. The Morgan fingerprint density at radius 3 is 2.44 bits per heavy atom. The number of aryl methyl sites for hydroxylation is 2. The zero-order valence-corrected chi connectivity index (χ0v) is 9.28. The van der Waals surface area contributed by atoms with E-state index in [9.17, 15) is 4.79 Å². The number of carbonyl (C=O) groups is 1. The van der Waals surface area contributed by atoms with Gasteiger partial charge in [0.1, 0.15) is 11.4 Å². The van der Waals surface area contributed by atoms with Gasteiger partial charge in [-0.05, 0) is 37.6 Å². The number of nitrogens with one attached hydrogen (secondary N) is 1. The Kier molecular flexibility index (Phi) is 2.77. The topological polar surface area (TPSA) is 42.1 Å². The van der Waals surface area contributed by atoms with Crippen LogP contribution in [0.25, 0.3) is 0 Å². The van der Waals surface area contributed by atoms with E-state index in [1.54, 1.807) is 12.1 Å². The molecular weight excluding hydrogens is 202 g/mol. The van der Waals surface area contributed by atoms with Gasteiger partial charge in [-0.3, -0.25) is 0 Å². The van der Waals surface area contributed by atoms with Crippen LogP contribution >= 0.6 is 0 Å². The van der Waals surface area contributed by atoms with Gasteiger partial charge in [-0.25, -0.2) is 4.79 Å². The molecule has 3 nitrogen and oxygen atoms in total. The first kappa shape index (κ1) is 10.5. The van der Waals surface area contributed by atoms with Gasteiger partial charge in [-0.1, -0.05) is 18.2 Å². The number of benzene rings is 1. The summed E-state index contributed by atoms with van der Waals surface area (Å²) in [7, 11) is 0. The average Bonchev–Trinajstić information content (AvgIpc) is 2.59. The number of H-pyrrole nitrogens is 1. The highest BCUT2D eigenvalue weighted by molar-refractivity contribution is 5.90. The van der Waals surface area contributed by atoms with E-state index in [-0.39, 0.29) is 5.97 Å². The molecule has 1 aromatic heterocycles. The highest BCUT2D eigenvalue weighted by Gasteiger charge is 2.13. The van der Waals surface area contributed by atoms with Crippen LogP contribution in [-0.2, 0) is 0 Å². The third-order valence-electron chi connectivity index (χ3n) is 2.31. The first-order valence-electron chi connectivity index (χ1n) is 5.10. The lowest BCUT2D eigenvalue weighted by atomic mass is 10.2. The fourth-order valence-corrected chi connectivity index (χ4v) is 1.59. The van der Waals surface area contributed by atoms with Crippen molar-refractivity contribution in [2.75, 3.05) is 0 Å². The second-order valence-electron chi connectivity index (χ2n) is 3.71. The summed E-state index contributed by atoms with van der Waals surface area (Å²) in [5.74, 6) is 0.205. The zero-order chi connectivity index (χ0) is 11.5. The van der Waals surface area contributed by atoms with E-state index in [4.69, 9.17) is 4.74 Å². The summed E-state index contributed by atoms with van der Waals surface area (Å²) < 4.78 is 5.22. The maximum absolute atomic E-state index is 11.8. The van der Waals surface area contributed by atoms with E-state index < -0.39 is 0 Å². The van der Waals surface area contributed by atoms with Crippen LogP contribution in [0.2, 0.25) is 0 Å². The minimum Gasteiger partial charge on any atom is -0.422 e. The van der Waals surface area contributed by atoms with Gasteiger partial charge in [0, 0.05) is 5.69 Å². The predicted octanol–water partition coefficient (Wildman–Crippen LogP) is 2.85. The lowest BCUT2D eigenvalue weighted by molar-refractivity contribution is 0.0728. The number of ether oxygens (including phenoxy) is 1. The summed E-state index contributed by atoms with van der Waals surface area (Å²) in [6.07, 6.45) is 0. The van der Waals surface area contributed by atoms with Crippen LogP contribution in [0.1, 0.15) is 21.7 Å². The predicted molar refractivity (Wildman–Crippen MR) is 61.7 cm³/mol. The van der Waals surface area contributed by atoms with Crippen LogP contribution < -0.4 is 4.74 Å². The number of hydrogen-bond acceptors (Lipinski definition) is 2. The molecule has 0 aliphatic heterocycles. The van der Waals surface area contributed by atoms with Gasteiger partial charge in [0.15, 0.2) is 0 Å². The summed E-state index contributed by atoms with van der Waals surface area (Å²) in [4.78, 5) is 14.8. The van der Waals surface area contributed by atoms with Gasteiger partial charge in [0.05, 0.1) is 0 Å². The number of aromatic amines is 1. The third kappa shape index (κ3) is 2.14. The molecule has 0 atom stereocenters. The number of esters is 1. The number of hydrogen-bond donors (Lipinski definition) is 1. The minimum absolute atomic E-state index is 0.350. The highest BCUT2D eigenvalue weighted by atomic mass is 16.5. The van der Waals surface area contributed by atoms with Crippen molar-refractivity contribution in [3.63, 3.8) is 0 Å². The summed E-state index contributed by atoms with van der Waals surface area (Å²) in [6, 6.07) is 11.0. The molecule has 2 rings (SSSR count). The molecule has 0 bridgehead atoms. The highest BCUT2D eigenvalue weighted by Crippen LogP contribution is 2.14. The third-order valence-corrected chi connectivity index (χ3v) is 2.31. The molecule has 82 valence electrons. The van der Waals surface area contributed by atoms with Gasteiger partial charge in [0.2, 0.25) is 0 Å². The number of aromatic nitrogens is 1. The molecule has 1 N–H and O–H groups in total. The molecule has 0 spiro atoms. The normalized spacial score (nSPS) is 10.1. The van der Waals surface area contributed by atoms with Gasteiger partial charge >= 0.3 is 5.97 Å². The fraction of sp³-hybridized carbons (Fsp3) is 0.154. The molecule has 2 aromatic rings. The molecule has 0 aliphatic carbocycles. The maximum atomic E-state index is 11.8.